The van der Waals surface area contributed by atoms with E-state index in [-0.39, 0.29) is 5.91 Å². The maximum Gasteiger partial charge on any atom is 0.266 e. The zero-order valence-corrected chi connectivity index (χ0v) is 24.7. The van der Waals surface area contributed by atoms with Crippen LogP contribution in [0.1, 0.15) is 24.2 Å². The minimum atomic E-state index is -0.0818. The predicted octanol–water partition coefficient (Wildman–Crippen LogP) is 4.35. The van der Waals surface area contributed by atoms with E-state index in [4.69, 9.17) is 21.7 Å². The number of thiocarbonyl (C=S) groups is 1. The summed E-state index contributed by atoms with van der Waals surface area (Å²) in [6.07, 6.45) is 6.10. The minimum Gasteiger partial charge on any atom is -0.492 e. The molecule has 0 bridgehead atoms. The summed E-state index contributed by atoms with van der Waals surface area (Å²) in [5, 5.41) is 15.1. The van der Waals surface area contributed by atoms with Gasteiger partial charge in [0.2, 0.25) is 0 Å². The predicted molar refractivity (Wildman–Crippen MR) is 167 cm³/mol. The van der Waals surface area contributed by atoms with Crippen LogP contribution in [0.4, 0.5) is 0 Å². The lowest BCUT2D eigenvalue weighted by Crippen LogP contribution is -2.38. The summed E-state index contributed by atoms with van der Waals surface area (Å²) >= 11 is 6.93. The Balaban J connectivity index is 1.21. The second kappa shape index (κ2) is 13.5. The summed E-state index contributed by atoms with van der Waals surface area (Å²) in [5.74, 6) is 1.32. The molecule has 216 valence electrons. The number of unbranched alkanes of at least 4 members (excludes halogenated alkanes) is 1. The number of hydrogen-bond donors (Lipinski definition) is 1. The molecule has 4 aromatic rings. The SMILES string of the molecule is O=C1/C(=C/c2cc(-c3cnc4ccccc4c3)ccc2OCCN2CCOCC2)SC(=S)N1CCCCc1nn[nH]n1. The molecule has 0 radical (unpaired) electrons. The zero-order chi connectivity index (χ0) is 28.7. The lowest BCUT2D eigenvalue weighted by Gasteiger charge is -2.26. The summed E-state index contributed by atoms with van der Waals surface area (Å²) in [4.78, 5) is 22.7. The number of nitrogens with zero attached hydrogens (tertiary/aromatic N) is 6. The zero-order valence-electron chi connectivity index (χ0n) is 23.1. The van der Waals surface area contributed by atoms with Crippen LogP contribution in [-0.4, -0.2) is 91.6 Å². The molecule has 2 aliphatic rings. The molecule has 2 aromatic heterocycles. The number of fused-ring (bicyclic) bond motifs is 1. The smallest absolute Gasteiger partial charge is 0.266 e. The highest BCUT2D eigenvalue weighted by atomic mass is 32.2. The molecule has 6 rings (SSSR count). The standard InChI is InChI=1S/C30H31N7O3S2/c38-29-27(42-30(41)37(29)10-4-3-7-28-32-34-35-33-28)19-23-17-21(24-18-22-5-1-2-6-25(22)31-20-24)8-9-26(23)40-16-13-36-11-14-39-15-12-36/h1-2,5-6,8-9,17-20H,3-4,7,10-16H2,(H,32,33,34,35)/b27-19-. The van der Waals surface area contributed by atoms with Crippen LogP contribution in [0.2, 0.25) is 0 Å². The first-order chi connectivity index (χ1) is 20.6. The number of amides is 1. The molecule has 0 spiro atoms. The van der Waals surface area contributed by atoms with Gasteiger partial charge in [-0.1, -0.05) is 53.5 Å². The Morgan fingerprint density at radius 2 is 1.95 bits per heavy atom. The van der Waals surface area contributed by atoms with Gasteiger partial charge in [0.15, 0.2) is 5.82 Å². The van der Waals surface area contributed by atoms with Gasteiger partial charge >= 0.3 is 0 Å². The van der Waals surface area contributed by atoms with Gasteiger partial charge in [-0.05, 0) is 48.7 Å². The van der Waals surface area contributed by atoms with Crippen molar-refractivity contribution in [2.24, 2.45) is 0 Å². The van der Waals surface area contributed by atoms with Gasteiger partial charge in [0.1, 0.15) is 16.7 Å². The van der Waals surface area contributed by atoms with Crippen molar-refractivity contribution in [1.29, 1.82) is 0 Å². The number of hydrogen-bond acceptors (Lipinski definition) is 10. The average Bonchev–Trinajstić information content (AvgIpc) is 3.63. The quantitative estimate of drug-likeness (QED) is 0.151. The fraction of sp³-hybridized carbons (Fsp3) is 0.333. The lowest BCUT2D eigenvalue weighted by molar-refractivity contribution is -0.122. The Kier molecular flexibility index (Phi) is 9.14. The number of morpholine rings is 1. The van der Waals surface area contributed by atoms with Crippen LogP contribution < -0.4 is 4.74 Å². The van der Waals surface area contributed by atoms with E-state index < -0.39 is 0 Å². The maximum atomic E-state index is 13.4. The van der Waals surface area contributed by atoms with Gasteiger partial charge in [0.25, 0.3) is 5.91 Å². The molecule has 2 saturated heterocycles. The number of rotatable bonds is 11. The van der Waals surface area contributed by atoms with Crippen molar-refractivity contribution in [3.8, 4) is 16.9 Å². The Hall–Kier alpha value is -3.71. The second-order valence-corrected chi connectivity index (χ2v) is 11.8. The highest BCUT2D eigenvalue weighted by Crippen LogP contribution is 2.36. The van der Waals surface area contributed by atoms with E-state index in [1.807, 2.05) is 42.6 Å². The van der Waals surface area contributed by atoms with Crippen molar-refractivity contribution in [3.63, 3.8) is 0 Å². The number of aromatic amines is 1. The molecule has 0 unspecified atom stereocenters. The number of nitrogens with one attached hydrogen (secondary N) is 1. The van der Waals surface area contributed by atoms with E-state index in [2.05, 4.69) is 48.7 Å². The van der Waals surface area contributed by atoms with Crippen LogP contribution in [0.3, 0.4) is 0 Å². The van der Waals surface area contributed by atoms with Crippen LogP contribution in [0.25, 0.3) is 28.1 Å². The highest BCUT2D eigenvalue weighted by Gasteiger charge is 2.31. The number of ether oxygens (including phenoxy) is 2. The average molecular weight is 602 g/mol. The van der Waals surface area contributed by atoms with Crippen molar-refractivity contribution in [1.82, 2.24) is 35.4 Å². The molecule has 10 nitrogen and oxygen atoms in total. The first kappa shape index (κ1) is 28.4. The molecule has 0 atom stereocenters. The second-order valence-electron chi connectivity index (χ2n) is 10.1. The van der Waals surface area contributed by atoms with E-state index in [1.165, 1.54) is 11.8 Å². The molecule has 2 fully saturated rings. The number of pyridine rings is 1. The number of aromatic nitrogens is 5. The molecule has 1 amide bonds. The number of aryl methyl sites for hydroxylation is 1. The van der Waals surface area contributed by atoms with Crippen molar-refractivity contribution in [3.05, 3.63) is 71.0 Å². The van der Waals surface area contributed by atoms with Gasteiger partial charge in [0.05, 0.1) is 23.6 Å². The molecule has 2 aromatic carbocycles. The van der Waals surface area contributed by atoms with Gasteiger partial charge in [-0.15, -0.1) is 10.2 Å². The number of para-hydroxylation sites is 1. The first-order valence-corrected chi connectivity index (χ1v) is 15.3. The Morgan fingerprint density at radius 1 is 1.07 bits per heavy atom. The molecular formula is C30H31N7O3S2. The summed E-state index contributed by atoms with van der Waals surface area (Å²) in [7, 11) is 0. The molecule has 12 heteroatoms. The van der Waals surface area contributed by atoms with E-state index in [0.717, 1.165) is 79.0 Å². The van der Waals surface area contributed by atoms with Crippen LogP contribution in [0.15, 0.2) is 59.6 Å². The monoisotopic (exact) mass is 601 g/mol. The molecule has 0 saturated carbocycles. The van der Waals surface area contributed by atoms with Gasteiger partial charge < -0.3 is 9.47 Å². The van der Waals surface area contributed by atoms with Gasteiger partial charge in [-0.3, -0.25) is 19.6 Å². The number of H-pyrrole nitrogens is 1. The lowest BCUT2D eigenvalue weighted by atomic mass is 10.0. The molecule has 1 N–H and O–H groups in total. The van der Waals surface area contributed by atoms with Crippen molar-refractivity contribution >= 4 is 51.2 Å². The fourth-order valence-corrected chi connectivity index (χ4v) is 6.29. The van der Waals surface area contributed by atoms with Crippen LogP contribution in [0, 0.1) is 0 Å². The van der Waals surface area contributed by atoms with Gasteiger partial charge in [-0.25, -0.2) is 0 Å². The largest absolute Gasteiger partial charge is 0.492 e. The van der Waals surface area contributed by atoms with Crippen LogP contribution in [-0.2, 0) is 16.0 Å². The van der Waals surface area contributed by atoms with E-state index >= 15 is 0 Å². The number of benzene rings is 2. The van der Waals surface area contributed by atoms with E-state index in [9.17, 15) is 4.79 Å². The van der Waals surface area contributed by atoms with Gasteiger partial charge in [-0.2, -0.15) is 5.21 Å². The third-order valence-corrected chi connectivity index (χ3v) is 8.66. The van der Waals surface area contributed by atoms with Gasteiger partial charge in [0, 0.05) is 55.3 Å². The fourth-order valence-electron chi connectivity index (χ4n) is 4.99. The number of tetrazole rings is 1. The van der Waals surface area contributed by atoms with Crippen molar-refractivity contribution < 1.29 is 14.3 Å². The number of carbonyl (C=O) groups excluding carboxylic acids is 1. The third kappa shape index (κ3) is 6.84. The Morgan fingerprint density at radius 3 is 2.81 bits per heavy atom. The molecule has 4 heterocycles. The van der Waals surface area contributed by atoms with Crippen LogP contribution in [0.5, 0.6) is 5.75 Å². The van der Waals surface area contributed by atoms with E-state index in [1.54, 1.807) is 4.90 Å². The summed E-state index contributed by atoms with van der Waals surface area (Å²) in [6.45, 7) is 5.20. The topological polar surface area (TPSA) is 109 Å². The third-order valence-electron chi connectivity index (χ3n) is 7.28. The number of thioether (sulfide) groups is 1. The summed E-state index contributed by atoms with van der Waals surface area (Å²) in [5.41, 5.74) is 3.78. The van der Waals surface area contributed by atoms with Crippen molar-refractivity contribution in [2.75, 3.05) is 46.0 Å². The molecule has 2 aliphatic heterocycles. The normalized spacial score (nSPS) is 17.0. The van der Waals surface area contributed by atoms with Crippen molar-refractivity contribution in [2.45, 2.75) is 19.3 Å². The highest BCUT2D eigenvalue weighted by molar-refractivity contribution is 8.26. The minimum absolute atomic E-state index is 0.0818. The number of carbonyl (C=O) groups is 1. The van der Waals surface area contributed by atoms with E-state index in [0.29, 0.717) is 34.6 Å². The Bertz CT molecular complexity index is 1590. The molecule has 0 aliphatic carbocycles. The molecular weight excluding hydrogens is 571 g/mol. The van der Waals surface area contributed by atoms with Crippen LogP contribution >= 0.6 is 24.0 Å². The first-order valence-electron chi connectivity index (χ1n) is 14.0. The summed E-state index contributed by atoms with van der Waals surface area (Å²) in [6, 6.07) is 16.3. The summed E-state index contributed by atoms with van der Waals surface area (Å²) < 4.78 is 12.3. The molecule has 42 heavy (non-hydrogen) atoms. The Labute approximate surface area is 253 Å². The maximum absolute atomic E-state index is 13.4.